The molecule has 0 aliphatic carbocycles. The molecule has 0 radical (unpaired) electrons. The van der Waals surface area contributed by atoms with Crippen molar-refractivity contribution >= 4 is 34.5 Å². The molecule has 0 saturated carbocycles. The Hall–Kier alpha value is -2.55. The zero-order valence-corrected chi connectivity index (χ0v) is 14.1. The highest BCUT2D eigenvalue weighted by Gasteiger charge is 2.11. The molecule has 0 aliphatic heterocycles. The molecule has 128 valence electrons. The van der Waals surface area contributed by atoms with Gasteiger partial charge in [-0.3, -0.25) is 9.59 Å². The molecule has 2 N–H and O–H groups in total. The third kappa shape index (κ3) is 6.29. The molecule has 9 heteroatoms. The minimum absolute atomic E-state index is 0.0405. The highest BCUT2D eigenvalue weighted by molar-refractivity contribution is 7.15. The molecule has 2 aromatic heterocycles. The Morgan fingerprint density at radius 2 is 2.21 bits per heavy atom. The summed E-state index contributed by atoms with van der Waals surface area (Å²) in [4.78, 5) is 23.4. The Kier molecular flexibility index (Phi) is 7.09. The standard InChI is InChI=1S/C15H19N5O3S/c1-2-3-4-7-12(21)17-15-20-19-14(24-15)9-13(22)18-16-10-11-6-5-8-23-11/h5-6,8,10H,2-4,7,9H2,1H3,(H,18,22)(H,17,20,21)/b16-10-. The lowest BCUT2D eigenvalue weighted by Gasteiger charge is -1.99. The minimum atomic E-state index is -0.324. The monoisotopic (exact) mass is 349 g/mol. The highest BCUT2D eigenvalue weighted by atomic mass is 32.1. The average Bonchev–Trinajstić information content (AvgIpc) is 3.20. The van der Waals surface area contributed by atoms with Gasteiger partial charge in [-0.15, -0.1) is 10.2 Å². The van der Waals surface area contributed by atoms with E-state index in [9.17, 15) is 9.59 Å². The normalized spacial score (nSPS) is 10.9. The summed E-state index contributed by atoms with van der Waals surface area (Å²) in [5.74, 6) is 0.132. The first kappa shape index (κ1) is 17.8. The van der Waals surface area contributed by atoms with E-state index < -0.39 is 0 Å². The summed E-state index contributed by atoms with van der Waals surface area (Å²) in [7, 11) is 0. The van der Waals surface area contributed by atoms with E-state index in [0.717, 1.165) is 19.3 Å². The summed E-state index contributed by atoms with van der Waals surface area (Å²) in [6.07, 6.45) is 6.36. The molecule has 8 nitrogen and oxygen atoms in total. The second-order valence-electron chi connectivity index (χ2n) is 4.99. The van der Waals surface area contributed by atoms with Gasteiger partial charge >= 0.3 is 0 Å². The number of hydrazone groups is 1. The summed E-state index contributed by atoms with van der Waals surface area (Å²) in [5.41, 5.74) is 2.38. The van der Waals surface area contributed by atoms with E-state index in [1.165, 1.54) is 23.8 Å². The second kappa shape index (κ2) is 9.56. The SMILES string of the molecule is CCCCCC(=O)Nc1nnc(CC(=O)N/N=C\c2ccco2)s1. The molecule has 0 aliphatic rings. The molecule has 2 aromatic rings. The van der Waals surface area contributed by atoms with Crippen molar-refractivity contribution in [3.8, 4) is 0 Å². The summed E-state index contributed by atoms with van der Waals surface area (Å²) in [6, 6.07) is 3.44. The van der Waals surface area contributed by atoms with Gasteiger partial charge in [0.2, 0.25) is 16.9 Å². The number of hydrogen-bond acceptors (Lipinski definition) is 7. The van der Waals surface area contributed by atoms with Crippen LogP contribution < -0.4 is 10.7 Å². The van der Waals surface area contributed by atoms with Gasteiger partial charge in [0.1, 0.15) is 10.8 Å². The Labute approximate surface area is 143 Å². The van der Waals surface area contributed by atoms with Gasteiger partial charge in [-0.25, -0.2) is 5.43 Å². The number of carbonyl (C=O) groups is 2. The van der Waals surface area contributed by atoms with Crippen molar-refractivity contribution in [1.82, 2.24) is 15.6 Å². The molecule has 0 bridgehead atoms. The van der Waals surface area contributed by atoms with Crippen LogP contribution in [-0.4, -0.2) is 28.2 Å². The lowest BCUT2D eigenvalue weighted by molar-refractivity contribution is -0.120. The fourth-order valence-corrected chi connectivity index (χ4v) is 2.56. The number of rotatable bonds is 9. The number of furan rings is 1. The van der Waals surface area contributed by atoms with Crippen LogP contribution in [0.5, 0.6) is 0 Å². The molecule has 0 fully saturated rings. The molecule has 2 amide bonds. The average molecular weight is 349 g/mol. The minimum Gasteiger partial charge on any atom is -0.463 e. The number of hydrogen-bond donors (Lipinski definition) is 2. The molecule has 2 rings (SSSR count). The molecule has 0 aromatic carbocycles. The van der Waals surface area contributed by atoms with Crippen LogP contribution >= 0.6 is 11.3 Å². The molecule has 0 unspecified atom stereocenters. The number of amides is 2. The van der Waals surface area contributed by atoms with Gasteiger partial charge in [-0.05, 0) is 18.6 Å². The van der Waals surface area contributed by atoms with E-state index in [-0.39, 0.29) is 18.2 Å². The highest BCUT2D eigenvalue weighted by Crippen LogP contribution is 2.16. The first-order chi connectivity index (χ1) is 11.7. The van der Waals surface area contributed by atoms with Gasteiger partial charge in [0.15, 0.2) is 0 Å². The summed E-state index contributed by atoms with van der Waals surface area (Å²) >= 11 is 1.17. The van der Waals surface area contributed by atoms with Gasteiger partial charge in [-0.1, -0.05) is 31.1 Å². The summed E-state index contributed by atoms with van der Waals surface area (Å²) < 4.78 is 5.05. The number of unbranched alkanes of at least 4 members (excludes halogenated alkanes) is 2. The van der Waals surface area contributed by atoms with Crippen LogP contribution in [0.3, 0.4) is 0 Å². The number of aromatic nitrogens is 2. The molecular formula is C15H19N5O3S. The largest absolute Gasteiger partial charge is 0.463 e. The quantitative estimate of drug-likeness (QED) is 0.410. The third-order valence-corrected chi connectivity index (χ3v) is 3.80. The van der Waals surface area contributed by atoms with E-state index in [0.29, 0.717) is 22.3 Å². The smallest absolute Gasteiger partial charge is 0.247 e. The van der Waals surface area contributed by atoms with Gasteiger partial charge < -0.3 is 9.73 Å². The van der Waals surface area contributed by atoms with Crippen LogP contribution in [-0.2, 0) is 16.0 Å². The molecule has 0 spiro atoms. The van der Waals surface area contributed by atoms with Crippen molar-refractivity contribution < 1.29 is 14.0 Å². The van der Waals surface area contributed by atoms with Crippen molar-refractivity contribution in [1.29, 1.82) is 0 Å². The lowest BCUT2D eigenvalue weighted by atomic mass is 10.2. The van der Waals surface area contributed by atoms with E-state index >= 15 is 0 Å². The summed E-state index contributed by atoms with van der Waals surface area (Å²) in [6.45, 7) is 2.08. The van der Waals surface area contributed by atoms with E-state index in [1.54, 1.807) is 12.1 Å². The van der Waals surface area contributed by atoms with Gasteiger partial charge in [0, 0.05) is 6.42 Å². The maximum absolute atomic E-state index is 11.7. The Morgan fingerprint density at radius 1 is 1.33 bits per heavy atom. The van der Waals surface area contributed by atoms with Crippen LogP contribution in [0.2, 0.25) is 0 Å². The number of anilines is 1. The van der Waals surface area contributed by atoms with Crippen LogP contribution in [0.1, 0.15) is 43.4 Å². The van der Waals surface area contributed by atoms with Crippen LogP contribution in [0, 0.1) is 0 Å². The Balaban J connectivity index is 1.74. The Bertz CT molecular complexity index is 681. The van der Waals surface area contributed by atoms with Crippen molar-refractivity contribution in [2.45, 2.75) is 39.0 Å². The van der Waals surface area contributed by atoms with Crippen molar-refractivity contribution in [3.05, 3.63) is 29.2 Å². The first-order valence-corrected chi connectivity index (χ1v) is 8.46. The van der Waals surface area contributed by atoms with Crippen molar-refractivity contribution in [2.75, 3.05) is 5.32 Å². The third-order valence-electron chi connectivity index (χ3n) is 2.96. The summed E-state index contributed by atoms with van der Waals surface area (Å²) in [5, 5.41) is 15.1. The number of carbonyl (C=O) groups excluding carboxylic acids is 2. The first-order valence-electron chi connectivity index (χ1n) is 7.65. The molecular weight excluding hydrogens is 330 g/mol. The molecule has 24 heavy (non-hydrogen) atoms. The van der Waals surface area contributed by atoms with E-state index in [2.05, 4.69) is 33.0 Å². The van der Waals surface area contributed by atoms with E-state index in [1.807, 2.05) is 0 Å². The van der Waals surface area contributed by atoms with E-state index in [4.69, 9.17) is 4.42 Å². The predicted octanol–water partition coefficient (Wildman–Crippen LogP) is 2.34. The van der Waals surface area contributed by atoms with Crippen LogP contribution in [0.4, 0.5) is 5.13 Å². The van der Waals surface area contributed by atoms with Crippen molar-refractivity contribution in [2.24, 2.45) is 5.10 Å². The number of nitrogens with zero attached hydrogens (tertiary/aromatic N) is 3. The Morgan fingerprint density at radius 3 is 2.96 bits per heavy atom. The van der Waals surface area contributed by atoms with Gasteiger partial charge in [-0.2, -0.15) is 5.10 Å². The number of nitrogens with one attached hydrogen (secondary N) is 2. The topological polar surface area (TPSA) is 109 Å². The zero-order chi connectivity index (χ0) is 17.2. The fraction of sp³-hybridized carbons (Fsp3) is 0.400. The predicted molar refractivity (Wildman–Crippen MR) is 90.8 cm³/mol. The molecule has 0 atom stereocenters. The second-order valence-corrected chi connectivity index (χ2v) is 6.05. The zero-order valence-electron chi connectivity index (χ0n) is 13.3. The maximum Gasteiger partial charge on any atom is 0.247 e. The lowest BCUT2D eigenvalue weighted by Crippen LogP contribution is -2.19. The molecule has 2 heterocycles. The molecule has 0 saturated heterocycles. The van der Waals surface area contributed by atoms with Crippen LogP contribution in [0.25, 0.3) is 0 Å². The van der Waals surface area contributed by atoms with Crippen LogP contribution in [0.15, 0.2) is 27.9 Å². The van der Waals surface area contributed by atoms with Crippen molar-refractivity contribution in [3.63, 3.8) is 0 Å². The van der Waals surface area contributed by atoms with Gasteiger partial charge in [0.05, 0.1) is 18.9 Å². The maximum atomic E-state index is 11.7. The fourth-order valence-electron chi connectivity index (χ4n) is 1.80. The van der Waals surface area contributed by atoms with Gasteiger partial charge in [0.25, 0.3) is 0 Å².